The maximum absolute atomic E-state index is 11.3. The average molecular weight is 432 g/mol. The van der Waals surface area contributed by atoms with E-state index >= 15 is 0 Å². The minimum Gasteiger partial charge on any atom is -0.438 e. The summed E-state index contributed by atoms with van der Waals surface area (Å²) in [4.78, 5) is 15.5. The first kappa shape index (κ1) is 22.3. The molecule has 0 atom stereocenters. The number of nitrogens with zero attached hydrogens (tertiary/aromatic N) is 1. The first-order valence-electron chi connectivity index (χ1n) is 11.5. The van der Waals surface area contributed by atoms with Crippen molar-refractivity contribution in [3.05, 3.63) is 65.9 Å². The number of benzene rings is 2. The first-order chi connectivity index (χ1) is 15.3. The lowest BCUT2D eigenvalue weighted by atomic mass is 9.71. The van der Waals surface area contributed by atoms with Gasteiger partial charge in [0.2, 0.25) is 11.8 Å². The molecule has 1 heterocycles. The van der Waals surface area contributed by atoms with Crippen LogP contribution in [0.1, 0.15) is 62.4 Å². The van der Waals surface area contributed by atoms with E-state index in [-0.39, 0.29) is 0 Å². The van der Waals surface area contributed by atoms with Crippen LogP contribution in [0.15, 0.2) is 54.7 Å². The van der Waals surface area contributed by atoms with Gasteiger partial charge in [0.1, 0.15) is 5.75 Å². The predicted molar refractivity (Wildman–Crippen MR) is 129 cm³/mol. The fraction of sp³-hybridized carbons (Fsp3) is 0.407. The first-order valence-corrected chi connectivity index (χ1v) is 11.5. The quantitative estimate of drug-likeness (QED) is 0.515. The van der Waals surface area contributed by atoms with E-state index in [1.54, 1.807) is 12.1 Å². The second-order valence-electron chi connectivity index (χ2n) is 9.92. The Morgan fingerprint density at radius 2 is 1.75 bits per heavy atom. The van der Waals surface area contributed by atoms with Gasteiger partial charge in [0, 0.05) is 30.2 Å². The Kier molecular flexibility index (Phi) is 6.47. The summed E-state index contributed by atoms with van der Waals surface area (Å²) in [7, 11) is 0. The van der Waals surface area contributed by atoms with Gasteiger partial charge in [0.05, 0.1) is 5.56 Å². The Bertz CT molecular complexity index is 1080. The molecule has 32 heavy (non-hydrogen) atoms. The molecule has 1 aromatic heterocycles. The highest BCUT2D eigenvalue weighted by Gasteiger charge is 2.29. The van der Waals surface area contributed by atoms with Crippen LogP contribution >= 0.6 is 0 Å². The topological polar surface area (TPSA) is 77.2 Å². The zero-order valence-electron chi connectivity index (χ0n) is 19.2. The fourth-order valence-corrected chi connectivity index (χ4v) is 4.71. The van der Waals surface area contributed by atoms with Crippen LogP contribution in [0.4, 0.5) is 0 Å². The number of amides is 1. The van der Waals surface area contributed by atoms with Gasteiger partial charge >= 0.3 is 0 Å². The zero-order valence-corrected chi connectivity index (χ0v) is 19.2. The van der Waals surface area contributed by atoms with Crippen LogP contribution < -0.4 is 15.8 Å². The number of carbonyl (C=O) groups is 1. The summed E-state index contributed by atoms with van der Waals surface area (Å²) in [6.07, 6.45) is 6.53. The number of hydrogen-bond donors (Lipinski definition) is 2. The third kappa shape index (κ3) is 5.10. The van der Waals surface area contributed by atoms with Gasteiger partial charge in [-0.3, -0.25) is 4.79 Å². The lowest BCUT2D eigenvalue weighted by Crippen LogP contribution is -2.35. The Hall–Kier alpha value is -2.92. The van der Waals surface area contributed by atoms with E-state index in [9.17, 15) is 4.79 Å². The SMILES string of the molecule is CC(C)(C)[C@H]1CC[C@H](NCc2cccc3c(Oc4ccc(C(N)=O)cn4)cccc23)CC1. The number of aromatic nitrogens is 1. The Balaban J connectivity index is 1.46. The van der Waals surface area contributed by atoms with Crippen LogP contribution in [0, 0.1) is 11.3 Å². The highest BCUT2D eigenvalue weighted by atomic mass is 16.5. The molecule has 1 amide bonds. The van der Waals surface area contributed by atoms with E-state index < -0.39 is 5.91 Å². The molecular formula is C27H33N3O2. The van der Waals surface area contributed by atoms with Crippen LogP contribution in [-0.2, 0) is 6.54 Å². The van der Waals surface area contributed by atoms with Gasteiger partial charge in [-0.2, -0.15) is 0 Å². The van der Waals surface area contributed by atoms with E-state index in [1.807, 2.05) is 12.1 Å². The van der Waals surface area contributed by atoms with Crippen LogP contribution in [0.25, 0.3) is 10.8 Å². The van der Waals surface area contributed by atoms with Crippen molar-refractivity contribution in [1.29, 1.82) is 0 Å². The standard InChI is InChI=1S/C27H33N3O2/c1-27(2,3)20-11-13-21(14-12-20)29-16-18-6-4-8-23-22(18)7-5-9-24(23)32-25-15-10-19(17-30-25)26(28)31/h4-10,15,17,20-21,29H,11-14,16H2,1-3H3,(H2,28,31)/t20-,21-. The molecule has 1 aliphatic rings. The second-order valence-corrected chi connectivity index (χ2v) is 9.92. The molecule has 3 aromatic rings. The van der Waals surface area contributed by atoms with Crippen LogP contribution in [0.5, 0.6) is 11.6 Å². The van der Waals surface area contributed by atoms with Crippen molar-refractivity contribution in [2.24, 2.45) is 17.1 Å². The van der Waals surface area contributed by atoms with Crippen molar-refractivity contribution >= 4 is 16.7 Å². The molecular weight excluding hydrogens is 398 g/mol. The van der Waals surface area contributed by atoms with E-state index in [0.29, 0.717) is 22.9 Å². The van der Waals surface area contributed by atoms with Gasteiger partial charge in [-0.1, -0.05) is 51.1 Å². The summed E-state index contributed by atoms with van der Waals surface area (Å²) in [5.41, 5.74) is 7.33. The molecule has 3 N–H and O–H groups in total. The summed E-state index contributed by atoms with van der Waals surface area (Å²) < 4.78 is 6.04. The van der Waals surface area contributed by atoms with Crippen molar-refractivity contribution in [2.45, 2.75) is 59.0 Å². The van der Waals surface area contributed by atoms with Crippen LogP contribution in [0.2, 0.25) is 0 Å². The van der Waals surface area contributed by atoms with E-state index in [0.717, 1.165) is 23.6 Å². The van der Waals surface area contributed by atoms with Crippen molar-refractivity contribution in [3.8, 4) is 11.6 Å². The number of primary amides is 1. The van der Waals surface area contributed by atoms with E-state index in [1.165, 1.54) is 42.8 Å². The Morgan fingerprint density at radius 1 is 1.03 bits per heavy atom. The lowest BCUT2D eigenvalue weighted by molar-refractivity contribution is 0.1000. The van der Waals surface area contributed by atoms with E-state index in [4.69, 9.17) is 10.5 Å². The maximum Gasteiger partial charge on any atom is 0.250 e. The number of nitrogens with two attached hydrogens (primary N) is 1. The highest BCUT2D eigenvalue weighted by molar-refractivity contribution is 5.92. The van der Waals surface area contributed by atoms with Crippen LogP contribution in [-0.4, -0.2) is 16.9 Å². The largest absolute Gasteiger partial charge is 0.438 e. The summed E-state index contributed by atoms with van der Waals surface area (Å²) in [5.74, 6) is 1.50. The van der Waals surface area contributed by atoms with Crippen molar-refractivity contribution in [3.63, 3.8) is 0 Å². The molecule has 5 nitrogen and oxygen atoms in total. The molecule has 0 unspecified atom stereocenters. The summed E-state index contributed by atoms with van der Waals surface area (Å²) in [6, 6.07) is 16.3. The molecule has 1 aliphatic carbocycles. The number of pyridine rings is 1. The minimum atomic E-state index is -0.502. The molecule has 0 radical (unpaired) electrons. The van der Waals surface area contributed by atoms with Crippen molar-refractivity contribution < 1.29 is 9.53 Å². The van der Waals surface area contributed by atoms with Gasteiger partial charge in [-0.25, -0.2) is 4.98 Å². The third-order valence-corrected chi connectivity index (χ3v) is 6.74. The molecule has 168 valence electrons. The van der Waals surface area contributed by atoms with Gasteiger partial charge in [-0.15, -0.1) is 0 Å². The van der Waals surface area contributed by atoms with Gasteiger partial charge in [0.25, 0.3) is 0 Å². The highest BCUT2D eigenvalue weighted by Crippen LogP contribution is 2.38. The number of nitrogens with one attached hydrogen (secondary N) is 1. The number of hydrogen-bond acceptors (Lipinski definition) is 4. The number of fused-ring (bicyclic) bond motifs is 1. The molecule has 0 spiro atoms. The van der Waals surface area contributed by atoms with Gasteiger partial charge < -0.3 is 15.8 Å². The normalized spacial score (nSPS) is 19.1. The smallest absolute Gasteiger partial charge is 0.250 e. The van der Waals surface area contributed by atoms with E-state index in [2.05, 4.69) is 55.3 Å². The summed E-state index contributed by atoms with van der Waals surface area (Å²) in [6.45, 7) is 7.94. The molecule has 0 saturated heterocycles. The molecule has 0 bridgehead atoms. The zero-order chi connectivity index (χ0) is 22.7. The minimum absolute atomic E-state index is 0.361. The molecule has 1 fully saturated rings. The summed E-state index contributed by atoms with van der Waals surface area (Å²) >= 11 is 0. The number of ether oxygens (including phenoxy) is 1. The van der Waals surface area contributed by atoms with Gasteiger partial charge in [-0.05, 0) is 60.1 Å². The molecule has 0 aliphatic heterocycles. The molecule has 1 saturated carbocycles. The summed E-state index contributed by atoms with van der Waals surface area (Å²) in [5, 5.41) is 6.01. The lowest BCUT2D eigenvalue weighted by Gasteiger charge is -2.37. The monoisotopic (exact) mass is 431 g/mol. The predicted octanol–water partition coefficient (Wildman–Crippen LogP) is 5.82. The molecule has 4 rings (SSSR count). The number of carbonyl (C=O) groups excluding carboxylic acids is 1. The molecule has 5 heteroatoms. The maximum atomic E-state index is 11.3. The van der Waals surface area contributed by atoms with Crippen LogP contribution in [0.3, 0.4) is 0 Å². The fourth-order valence-electron chi connectivity index (χ4n) is 4.71. The molecule has 2 aromatic carbocycles. The average Bonchev–Trinajstić information content (AvgIpc) is 2.78. The van der Waals surface area contributed by atoms with Crippen molar-refractivity contribution in [1.82, 2.24) is 10.3 Å². The van der Waals surface area contributed by atoms with Crippen molar-refractivity contribution in [2.75, 3.05) is 0 Å². The number of rotatable bonds is 6. The Labute approximate surface area is 190 Å². The Morgan fingerprint density at radius 3 is 2.41 bits per heavy atom. The second kappa shape index (κ2) is 9.29. The van der Waals surface area contributed by atoms with Gasteiger partial charge in [0.15, 0.2) is 0 Å². The third-order valence-electron chi connectivity index (χ3n) is 6.74.